The molecule has 2 N–H and O–H groups in total. The topological polar surface area (TPSA) is 111 Å². The van der Waals surface area contributed by atoms with E-state index in [4.69, 9.17) is 0 Å². The second kappa shape index (κ2) is 6.76. The van der Waals surface area contributed by atoms with E-state index < -0.39 is 5.56 Å². The molecule has 9 heteroatoms. The second-order valence-electron chi connectivity index (χ2n) is 4.66. The predicted octanol–water partition coefficient (Wildman–Crippen LogP) is 0.914. The normalized spacial score (nSPS) is 13.5. The van der Waals surface area contributed by atoms with Crippen molar-refractivity contribution in [2.24, 2.45) is 4.99 Å². The first kappa shape index (κ1) is 15.5. The van der Waals surface area contributed by atoms with Gasteiger partial charge in [-0.05, 0) is 11.4 Å². The van der Waals surface area contributed by atoms with Crippen molar-refractivity contribution < 1.29 is 4.79 Å². The Hall–Kier alpha value is -2.44. The molecule has 0 radical (unpaired) electrons. The first-order valence-electron chi connectivity index (χ1n) is 6.67. The molecule has 0 fully saturated rings. The number of thiophene rings is 1. The minimum Gasteiger partial charge on any atom is -0.312 e. The standard InChI is InChI=1S/C14H11N5O2S2/c15-5-9-10(4-8-2-1-3-22-8)17-14(19-13(9)21)23-7-11-16-6-12(20)18-11/h1-3H,4,6-7H2,(H,16,18,20)(H,17,19,21). The molecule has 0 saturated carbocycles. The van der Waals surface area contributed by atoms with Crippen LogP contribution in [-0.2, 0) is 11.2 Å². The van der Waals surface area contributed by atoms with Crippen LogP contribution in [0.2, 0.25) is 0 Å². The molecular formula is C14H11N5O2S2. The number of carbonyl (C=O) groups is 1. The molecule has 0 bridgehead atoms. The molecule has 0 aliphatic carbocycles. The fraction of sp³-hybridized carbons (Fsp3) is 0.214. The van der Waals surface area contributed by atoms with Gasteiger partial charge in [-0.1, -0.05) is 17.8 Å². The lowest BCUT2D eigenvalue weighted by Crippen LogP contribution is -2.26. The summed E-state index contributed by atoms with van der Waals surface area (Å²) in [6.45, 7) is 0.136. The Morgan fingerprint density at radius 1 is 1.43 bits per heavy atom. The van der Waals surface area contributed by atoms with Crippen LogP contribution in [0.1, 0.15) is 16.1 Å². The van der Waals surface area contributed by atoms with E-state index in [-0.39, 0.29) is 18.0 Å². The minimum atomic E-state index is -0.450. The lowest BCUT2D eigenvalue weighted by Gasteiger charge is -2.05. The lowest BCUT2D eigenvalue weighted by molar-refractivity contribution is -0.117. The molecule has 1 aliphatic rings. The Morgan fingerprint density at radius 2 is 2.30 bits per heavy atom. The van der Waals surface area contributed by atoms with Crippen LogP contribution in [-0.4, -0.2) is 34.0 Å². The summed E-state index contributed by atoms with van der Waals surface area (Å²) in [5, 5.41) is 14.1. The van der Waals surface area contributed by atoms with E-state index in [1.165, 1.54) is 11.8 Å². The molecule has 7 nitrogen and oxygen atoms in total. The number of aromatic nitrogens is 2. The molecule has 116 valence electrons. The van der Waals surface area contributed by atoms with Crippen LogP contribution in [0.25, 0.3) is 0 Å². The first-order chi connectivity index (χ1) is 11.2. The maximum atomic E-state index is 12.0. The van der Waals surface area contributed by atoms with Crippen LogP contribution in [0, 0.1) is 11.3 Å². The quantitative estimate of drug-likeness (QED) is 0.618. The molecule has 3 rings (SSSR count). The molecule has 2 aromatic heterocycles. The van der Waals surface area contributed by atoms with Crippen LogP contribution in [0.15, 0.2) is 32.5 Å². The van der Waals surface area contributed by atoms with Gasteiger partial charge >= 0.3 is 0 Å². The summed E-state index contributed by atoms with van der Waals surface area (Å²) in [5.41, 5.74) is 0.0433. The molecule has 0 saturated heterocycles. The zero-order valence-corrected chi connectivity index (χ0v) is 13.5. The van der Waals surface area contributed by atoms with E-state index in [0.717, 1.165) is 4.88 Å². The van der Waals surface area contributed by atoms with Crippen molar-refractivity contribution in [1.29, 1.82) is 5.26 Å². The maximum absolute atomic E-state index is 12.0. The van der Waals surface area contributed by atoms with Gasteiger partial charge in [0.2, 0.25) is 5.91 Å². The second-order valence-corrected chi connectivity index (χ2v) is 6.66. The molecule has 0 aromatic carbocycles. The predicted molar refractivity (Wildman–Crippen MR) is 87.9 cm³/mol. The highest BCUT2D eigenvalue weighted by atomic mass is 32.2. The van der Waals surface area contributed by atoms with Gasteiger partial charge in [-0.25, -0.2) is 4.98 Å². The zero-order chi connectivity index (χ0) is 16.2. The third-order valence-corrected chi connectivity index (χ3v) is 4.81. The number of hydrogen-bond donors (Lipinski definition) is 2. The van der Waals surface area contributed by atoms with E-state index in [2.05, 4.69) is 20.3 Å². The molecule has 0 spiro atoms. The van der Waals surface area contributed by atoms with E-state index >= 15 is 0 Å². The van der Waals surface area contributed by atoms with Gasteiger partial charge in [-0.2, -0.15) is 5.26 Å². The van der Waals surface area contributed by atoms with Gasteiger partial charge in [-0.15, -0.1) is 11.3 Å². The zero-order valence-electron chi connectivity index (χ0n) is 11.8. The van der Waals surface area contributed by atoms with E-state index in [9.17, 15) is 14.9 Å². The van der Waals surface area contributed by atoms with Crippen LogP contribution in [0.3, 0.4) is 0 Å². The highest BCUT2D eigenvalue weighted by molar-refractivity contribution is 7.99. The van der Waals surface area contributed by atoms with Crippen LogP contribution < -0.4 is 10.9 Å². The minimum absolute atomic E-state index is 0.0364. The van der Waals surface area contributed by atoms with E-state index in [1.807, 2.05) is 23.6 Å². The van der Waals surface area contributed by atoms with Crippen LogP contribution >= 0.6 is 23.1 Å². The Labute approximate surface area is 139 Å². The van der Waals surface area contributed by atoms with Gasteiger partial charge in [0.25, 0.3) is 5.56 Å². The van der Waals surface area contributed by atoms with Crippen molar-refractivity contribution in [2.45, 2.75) is 11.6 Å². The summed E-state index contributed by atoms with van der Waals surface area (Å²) >= 11 is 2.81. The van der Waals surface area contributed by atoms with Crippen molar-refractivity contribution in [1.82, 2.24) is 15.3 Å². The summed E-state index contributed by atoms with van der Waals surface area (Å²) in [7, 11) is 0. The number of aromatic amines is 1. The summed E-state index contributed by atoms with van der Waals surface area (Å²) < 4.78 is 0. The fourth-order valence-corrected chi connectivity index (χ4v) is 3.50. The number of amides is 1. The SMILES string of the molecule is N#Cc1c(Cc2cccs2)nc(SCC2=NCC(=O)N2)[nH]c1=O. The molecule has 0 atom stereocenters. The number of carbonyl (C=O) groups excluding carboxylic acids is 1. The Bertz CT molecular complexity index is 864. The average molecular weight is 345 g/mol. The van der Waals surface area contributed by atoms with Gasteiger partial charge < -0.3 is 10.3 Å². The summed E-state index contributed by atoms with van der Waals surface area (Å²) in [4.78, 5) is 35.2. The lowest BCUT2D eigenvalue weighted by atomic mass is 10.2. The number of thioether (sulfide) groups is 1. The maximum Gasteiger partial charge on any atom is 0.269 e. The van der Waals surface area contributed by atoms with Crippen molar-refractivity contribution in [3.8, 4) is 6.07 Å². The molecule has 3 heterocycles. The van der Waals surface area contributed by atoms with Crippen LogP contribution in [0.4, 0.5) is 0 Å². The Balaban J connectivity index is 1.81. The summed E-state index contributed by atoms with van der Waals surface area (Å²) in [5.74, 6) is 0.825. The molecule has 0 unspecified atom stereocenters. The number of aliphatic imine (C=N–C) groups is 1. The van der Waals surface area contributed by atoms with E-state index in [1.54, 1.807) is 11.3 Å². The van der Waals surface area contributed by atoms with Gasteiger partial charge in [0.1, 0.15) is 24.0 Å². The number of nitriles is 1. The smallest absolute Gasteiger partial charge is 0.269 e. The number of H-pyrrole nitrogens is 1. The van der Waals surface area contributed by atoms with Crippen molar-refractivity contribution in [2.75, 3.05) is 12.3 Å². The average Bonchev–Trinajstić information content (AvgIpc) is 3.17. The van der Waals surface area contributed by atoms with Crippen molar-refractivity contribution >= 4 is 34.8 Å². The van der Waals surface area contributed by atoms with Gasteiger partial charge in [0, 0.05) is 11.3 Å². The van der Waals surface area contributed by atoms with Crippen LogP contribution in [0.5, 0.6) is 0 Å². The highest BCUT2D eigenvalue weighted by Crippen LogP contribution is 2.18. The first-order valence-corrected chi connectivity index (χ1v) is 8.54. The number of nitrogens with one attached hydrogen (secondary N) is 2. The Morgan fingerprint density at radius 3 is 2.96 bits per heavy atom. The Kier molecular flexibility index (Phi) is 4.55. The number of amidine groups is 1. The summed E-state index contributed by atoms with van der Waals surface area (Å²) in [6, 6.07) is 5.76. The van der Waals surface area contributed by atoms with Crippen molar-refractivity contribution in [3.63, 3.8) is 0 Å². The third-order valence-electron chi connectivity index (χ3n) is 3.05. The van der Waals surface area contributed by atoms with Gasteiger partial charge in [-0.3, -0.25) is 14.6 Å². The molecule has 2 aromatic rings. The van der Waals surface area contributed by atoms with Gasteiger partial charge in [0.15, 0.2) is 5.16 Å². The molecule has 1 amide bonds. The molecular weight excluding hydrogens is 334 g/mol. The number of rotatable bonds is 5. The third kappa shape index (κ3) is 3.67. The molecule has 23 heavy (non-hydrogen) atoms. The summed E-state index contributed by atoms with van der Waals surface area (Å²) in [6.07, 6.45) is 0.440. The largest absolute Gasteiger partial charge is 0.312 e. The number of hydrogen-bond acceptors (Lipinski definition) is 7. The number of nitrogens with zero attached hydrogens (tertiary/aromatic N) is 3. The van der Waals surface area contributed by atoms with Crippen molar-refractivity contribution in [3.05, 3.63) is 44.0 Å². The fourth-order valence-electron chi connectivity index (χ4n) is 2.01. The highest BCUT2D eigenvalue weighted by Gasteiger charge is 2.16. The monoisotopic (exact) mass is 345 g/mol. The molecule has 1 aliphatic heterocycles. The van der Waals surface area contributed by atoms with E-state index in [0.29, 0.717) is 28.9 Å². The van der Waals surface area contributed by atoms with Gasteiger partial charge in [0.05, 0.1) is 11.4 Å².